The molecule has 0 aliphatic carbocycles. The first kappa shape index (κ1) is 26.1. The zero-order chi connectivity index (χ0) is 28.0. The molecule has 2 N–H and O–H groups in total. The average Bonchev–Trinajstić information content (AvgIpc) is 3.43. The Kier molecular flexibility index (Phi) is 6.81. The van der Waals surface area contributed by atoms with Gasteiger partial charge >= 0.3 is 4.87 Å². The van der Waals surface area contributed by atoms with Gasteiger partial charge < -0.3 is 15.0 Å². The van der Waals surface area contributed by atoms with Gasteiger partial charge in [-0.25, -0.2) is 4.90 Å². The number of H-pyrrole nitrogens is 1. The van der Waals surface area contributed by atoms with Crippen LogP contribution in [0.2, 0.25) is 0 Å². The van der Waals surface area contributed by atoms with Gasteiger partial charge in [-0.2, -0.15) is 0 Å². The van der Waals surface area contributed by atoms with E-state index in [9.17, 15) is 19.2 Å². The van der Waals surface area contributed by atoms with Crippen LogP contribution in [0.25, 0.3) is 0 Å². The van der Waals surface area contributed by atoms with E-state index in [1.165, 1.54) is 16.7 Å². The highest BCUT2D eigenvalue weighted by molar-refractivity contribution is 8.00. The Morgan fingerprint density at radius 1 is 0.950 bits per heavy atom. The number of anilines is 2. The summed E-state index contributed by atoms with van der Waals surface area (Å²) in [6, 6.07) is 21.9. The minimum Gasteiger partial charge on any atom is -0.484 e. The summed E-state index contributed by atoms with van der Waals surface area (Å²) in [6.45, 7) is 3.71. The third-order valence-corrected chi connectivity index (χ3v) is 9.44. The number of ether oxygens (including phenoxy) is 1. The maximum Gasteiger partial charge on any atom is 0.305 e. The number of nitrogens with one attached hydrogen (secondary N) is 2. The number of thiazole rings is 1. The number of thioether (sulfide) groups is 1. The van der Waals surface area contributed by atoms with Crippen LogP contribution >= 0.6 is 23.1 Å². The van der Waals surface area contributed by atoms with Crippen LogP contribution in [0.15, 0.2) is 82.6 Å². The van der Waals surface area contributed by atoms with E-state index in [1.807, 2.05) is 56.3 Å². The fourth-order valence-electron chi connectivity index (χ4n) is 5.11. The van der Waals surface area contributed by atoms with Gasteiger partial charge in [0.05, 0.1) is 16.6 Å². The van der Waals surface area contributed by atoms with Crippen molar-refractivity contribution in [3.05, 3.63) is 104 Å². The number of hydrogen-bond donors (Lipinski definition) is 2. The molecule has 3 heterocycles. The average molecular weight is 572 g/mol. The van der Waals surface area contributed by atoms with Gasteiger partial charge in [0.25, 0.3) is 5.91 Å². The summed E-state index contributed by atoms with van der Waals surface area (Å²) in [5.41, 5.74) is 4.06. The van der Waals surface area contributed by atoms with Gasteiger partial charge in [-0.05, 0) is 55.8 Å². The van der Waals surface area contributed by atoms with E-state index in [0.29, 0.717) is 22.2 Å². The topological polar surface area (TPSA) is 109 Å². The standard InChI is InChI=1S/C30H25N3O5S2/c1-16-6-10-19(11-7-16)31-22(34)15-38-21-5-3-4-18(14-21)23-24-26(39-27-25(23)40-30(37)32-27)29(36)33(28(24)35)20-12-8-17(2)9-13-20/h3-14,23-24,26H,15H2,1-2H3,(H,31,34)(H,32,37)/t23-,24?,26?/m1/s1. The van der Waals surface area contributed by atoms with Gasteiger partial charge in [0, 0.05) is 16.5 Å². The predicted octanol–water partition coefficient (Wildman–Crippen LogP) is 4.87. The fraction of sp³-hybridized carbons (Fsp3) is 0.200. The SMILES string of the molecule is Cc1ccc(NC(=O)COc2cccc([C@H]3c4sc(=O)[nH]c4SC4C(=O)N(c5ccc(C)cc5)C(=O)C43)c2)cc1. The van der Waals surface area contributed by atoms with Gasteiger partial charge in [0.1, 0.15) is 11.0 Å². The van der Waals surface area contributed by atoms with Crippen LogP contribution in [0, 0.1) is 19.8 Å². The van der Waals surface area contributed by atoms with E-state index >= 15 is 0 Å². The van der Waals surface area contributed by atoms with Crippen molar-refractivity contribution in [3.8, 4) is 5.75 Å². The lowest BCUT2D eigenvalue weighted by Crippen LogP contribution is -2.32. The van der Waals surface area contributed by atoms with Crippen molar-refractivity contribution >= 4 is 52.2 Å². The van der Waals surface area contributed by atoms with Crippen LogP contribution < -0.4 is 19.8 Å². The van der Waals surface area contributed by atoms with Crippen molar-refractivity contribution in [2.75, 3.05) is 16.8 Å². The van der Waals surface area contributed by atoms with Crippen molar-refractivity contribution < 1.29 is 19.1 Å². The van der Waals surface area contributed by atoms with Gasteiger partial charge in [0.15, 0.2) is 6.61 Å². The molecule has 0 bridgehead atoms. The van der Waals surface area contributed by atoms with Crippen molar-refractivity contribution in [2.24, 2.45) is 5.92 Å². The number of aromatic nitrogens is 1. The molecule has 10 heteroatoms. The number of imide groups is 1. The molecule has 3 amide bonds. The fourth-order valence-corrected chi connectivity index (χ4v) is 7.62. The smallest absolute Gasteiger partial charge is 0.305 e. The van der Waals surface area contributed by atoms with Gasteiger partial charge in [0.2, 0.25) is 11.8 Å². The second kappa shape index (κ2) is 10.4. The first-order chi connectivity index (χ1) is 19.3. The van der Waals surface area contributed by atoms with Crippen molar-refractivity contribution in [1.82, 2.24) is 4.98 Å². The number of aryl methyl sites for hydroxylation is 2. The van der Waals surface area contributed by atoms with E-state index in [1.54, 1.807) is 30.3 Å². The van der Waals surface area contributed by atoms with Gasteiger partial charge in [-0.15, -0.1) is 0 Å². The third-order valence-electron chi connectivity index (χ3n) is 7.04. The van der Waals surface area contributed by atoms with Crippen molar-refractivity contribution in [2.45, 2.75) is 30.0 Å². The number of amides is 3. The maximum atomic E-state index is 13.9. The van der Waals surface area contributed by atoms with Crippen LogP contribution in [0.5, 0.6) is 5.75 Å². The molecule has 8 nitrogen and oxygen atoms in total. The second-order valence-electron chi connectivity index (χ2n) is 9.87. The molecule has 3 atom stereocenters. The highest BCUT2D eigenvalue weighted by Crippen LogP contribution is 2.53. The number of carbonyl (C=O) groups is 3. The van der Waals surface area contributed by atoms with Crippen molar-refractivity contribution in [3.63, 3.8) is 0 Å². The third kappa shape index (κ3) is 4.84. The van der Waals surface area contributed by atoms with Crippen LogP contribution in [-0.2, 0) is 14.4 Å². The van der Waals surface area contributed by atoms with E-state index < -0.39 is 17.1 Å². The minimum absolute atomic E-state index is 0.203. The molecule has 1 fully saturated rings. The lowest BCUT2D eigenvalue weighted by atomic mass is 9.83. The van der Waals surface area contributed by atoms with E-state index in [-0.39, 0.29) is 29.2 Å². The molecule has 202 valence electrons. The Morgan fingerprint density at radius 2 is 1.65 bits per heavy atom. The molecule has 40 heavy (non-hydrogen) atoms. The van der Waals surface area contributed by atoms with E-state index in [4.69, 9.17) is 4.74 Å². The summed E-state index contributed by atoms with van der Waals surface area (Å²) >= 11 is 2.29. The Labute approximate surface area is 238 Å². The summed E-state index contributed by atoms with van der Waals surface area (Å²) in [5.74, 6) is -1.68. The molecule has 4 aromatic rings. The second-order valence-corrected chi connectivity index (χ2v) is 12.0. The molecule has 2 aliphatic heterocycles. The van der Waals surface area contributed by atoms with Crippen LogP contribution in [0.1, 0.15) is 27.5 Å². The molecule has 0 radical (unpaired) electrons. The predicted molar refractivity (Wildman–Crippen MR) is 155 cm³/mol. The number of benzene rings is 3. The highest BCUT2D eigenvalue weighted by atomic mass is 32.2. The quantitative estimate of drug-likeness (QED) is 0.320. The van der Waals surface area contributed by atoms with Crippen LogP contribution in [0.4, 0.5) is 11.4 Å². The molecule has 1 aromatic heterocycles. The normalized spacial score (nSPS) is 19.8. The van der Waals surface area contributed by atoms with Crippen LogP contribution in [0.3, 0.4) is 0 Å². The summed E-state index contributed by atoms with van der Waals surface area (Å²) in [4.78, 5) is 56.8. The summed E-state index contributed by atoms with van der Waals surface area (Å²) in [5, 5.41) is 2.74. The number of hydrogen-bond acceptors (Lipinski definition) is 7. The number of nitrogens with zero attached hydrogens (tertiary/aromatic N) is 1. The molecular weight excluding hydrogens is 546 g/mol. The van der Waals surface area contributed by atoms with Gasteiger partial charge in [-0.3, -0.25) is 19.2 Å². The molecule has 6 rings (SSSR count). The maximum absolute atomic E-state index is 13.9. The first-order valence-corrected chi connectivity index (χ1v) is 14.4. The van der Waals surface area contributed by atoms with Crippen molar-refractivity contribution in [1.29, 1.82) is 0 Å². The van der Waals surface area contributed by atoms with E-state index in [0.717, 1.165) is 32.9 Å². The molecular formula is C30H25N3O5S2. The highest BCUT2D eigenvalue weighted by Gasteiger charge is 2.56. The summed E-state index contributed by atoms with van der Waals surface area (Å²) in [7, 11) is 0. The molecule has 0 saturated carbocycles. The van der Waals surface area contributed by atoms with Crippen LogP contribution in [-0.4, -0.2) is 34.6 Å². The summed E-state index contributed by atoms with van der Waals surface area (Å²) in [6.07, 6.45) is 0. The number of aromatic amines is 1. The largest absolute Gasteiger partial charge is 0.484 e. The summed E-state index contributed by atoms with van der Waals surface area (Å²) < 4.78 is 5.80. The molecule has 2 aliphatic rings. The monoisotopic (exact) mass is 571 g/mol. The number of fused-ring (bicyclic) bond motifs is 2. The van der Waals surface area contributed by atoms with E-state index in [2.05, 4.69) is 10.3 Å². The Hall–Kier alpha value is -4.15. The number of rotatable bonds is 6. The molecule has 0 spiro atoms. The lowest BCUT2D eigenvalue weighted by Gasteiger charge is -2.30. The Morgan fingerprint density at radius 3 is 2.38 bits per heavy atom. The number of carbonyl (C=O) groups excluding carboxylic acids is 3. The zero-order valence-electron chi connectivity index (χ0n) is 21.7. The Bertz CT molecular complexity index is 1680. The molecule has 2 unspecified atom stereocenters. The lowest BCUT2D eigenvalue weighted by molar-refractivity contribution is -0.122. The molecule has 3 aromatic carbocycles. The Balaban J connectivity index is 1.28. The first-order valence-electron chi connectivity index (χ1n) is 12.7. The minimum atomic E-state index is -0.696. The molecule has 1 saturated heterocycles. The van der Waals surface area contributed by atoms with Gasteiger partial charge in [-0.1, -0.05) is 70.6 Å². The zero-order valence-corrected chi connectivity index (χ0v) is 23.3.